The standard InChI is InChI=1S/C21H24N6O2/c1-6-11-25-19(28)17-18(24(5)21(25)29)22-20-26(23-14(3)15(4)27(17)20)12-16-10-8-7-9-13(16)2/h6-10,15H,1,11-12H2,2-5H3/t15-/m0/s1. The lowest BCUT2D eigenvalue weighted by Gasteiger charge is -2.29. The van der Waals surface area contributed by atoms with E-state index in [1.807, 2.05) is 30.5 Å². The Morgan fingerprint density at radius 3 is 2.62 bits per heavy atom. The van der Waals surface area contributed by atoms with Crippen LogP contribution in [0.2, 0.25) is 0 Å². The van der Waals surface area contributed by atoms with E-state index in [4.69, 9.17) is 5.10 Å². The van der Waals surface area contributed by atoms with E-state index >= 15 is 0 Å². The number of rotatable bonds is 4. The number of benzene rings is 1. The SMILES string of the molecule is C=CCn1c(=O)c2c(nc3n2[C@@H](C)C(C)=NN3Cc2ccccc2C)n(C)c1=O. The quantitative estimate of drug-likeness (QED) is 0.639. The van der Waals surface area contributed by atoms with Crippen LogP contribution in [0.25, 0.3) is 11.2 Å². The normalized spacial score (nSPS) is 16.1. The number of aromatic nitrogens is 4. The number of hydrogen-bond acceptors (Lipinski definition) is 5. The molecule has 0 radical (unpaired) electrons. The zero-order valence-corrected chi connectivity index (χ0v) is 17.1. The van der Waals surface area contributed by atoms with Crippen LogP contribution >= 0.6 is 0 Å². The van der Waals surface area contributed by atoms with Crippen molar-refractivity contribution in [2.45, 2.75) is 39.9 Å². The van der Waals surface area contributed by atoms with E-state index in [1.165, 1.54) is 9.13 Å². The molecule has 1 atom stereocenters. The van der Waals surface area contributed by atoms with E-state index in [0.717, 1.165) is 16.8 Å². The predicted octanol–water partition coefficient (Wildman–Crippen LogP) is 2.35. The van der Waals surface area contributed by atoms with Crippen molar-refractivity contribution >= 4 is 22.8 Å². The highest BCUT2D eigenvalue weighted by Crippen LogP contribution is 2.31. The Kier molecular flexibility index (Phi) is 4.49. The number of fused-ring (bicyclic) bond motifs is 3. The first-order valence-electron chi connectivity index (χ1n) is 9.55. The summed E-state index contributed by atoms with van der Waals surface area (Å²) >= 11 is 0. The molecule has 0 amide bonds. The molecular formula is C21H24N6O2. The van der Waals surface area contributed by atoms with Crippen LogP contribution in [0.4, 0.5) is 5.95 Å². The molecule has 0 saturated carbocycles. The Bertz CT molecular complexity index is 1280. The van der Waals surface area contributed by atoms with Gasteiger partial charge in [0, 0.05) is 13.6 Å². The van der Waals surface area contributed by atoms with Crippen molar-refractivity contribution in [1.29, 1.82) is 0 Å². The van der Waals surface area contributed by atoms with Crippen LogP contribution in [0.3, 0.4) is 0 Å². The third kappa shape index (κ3) is 2.83. The molecule has 1 aromatic carbocycles. The van der Waals surface area contributed by atoms with E-state index in [0.29, 0.717) is 23.7 Å². The van der Waals surface area contributed by atoms with Gasteiger partial charge in [-0.15, -0.1) is 6.58 Å². The summed E-state index contributed by atoms with van der Waals surface area (Å²) in [6, 6.07) is 7.95. The number of hydrogen-bond donors (Lipinski definition) is 0. The second-order valence-corrected chi connectivity index (χ2v) is 7.40. The molecule has 0 aliphatic carbocycles. The Morgan fingerprint density at radius 1 is 1.21 bits per heavy atom. The van der Waals surface area contributed by atoms with Crippen molar-refractivity contribution in [3.8, 4) is 0 Å². The average molecular weight is 392 g/mol. The fraction of sp³-hybridized carbons (Fsp3) is 0.333. The van der Waals surface area contributed by atoms with E-state index in [9.17, 15) is 9.59 Å². The van der Waals surface area contributed by atoms with Gasteiger partial charge in [0.15, 0.2) is 11.2 Å². The molecule has 2 aromatic heterocycles. The summed E-state index contributed by atoms with van der Waals surface area (Å²) in [6.45, 7) is 10.3. The van der Waals surface area contributed by atoms with Crippen LogP contribution < -0.4 is 16.3 Å². The van der Waals surface area contributed by atoms with Crippen molar-refractivity contribution in [1.82, 2.24) is 18.7 Å². The molecule has 3 aromatic rings. The summed E-state index contributed by atoms with van der Waals surface area (Å²) in [5.41, 5.74) is 3.14. The summed E-state index contributed by atoms with van der Waals surface area (Å²) in [5.74, 6) is 0.560. The molecule has 0 bridgehead atoms. The van der Waals surface area contributed by atoms with Crippen molar-refractivity contribution < 1.29 is 0 Å². The van der Waals surface area contributed by atoms with Gasteiger partial charge in [-0.1, -0.05) is 30.3 Å². The van der Waals surface area contributed by atoms with Crippen molar-refractivity contribution in [2.75, 3.05) is 5.01 Å². The molecule has 8 nitrogen and oxygen atoms in total. The molecule has 1 aliphatic rings. The maximum Gasteiger partial charge on any atom is 0.332 e. The first kappa shape index (κ1) is 18.9. The van der Waals surface area contributed by atoms with Crippen molar-refractivity contribution in [3.05, 3.63) is 68.9 Å². The Hall–Kier alpha value is -3.42. The number of nitrogens with zero attached hydrogens (tertiary/aromatic N) is 6. The third-order valence-corrected chi connectivity index (χ3v) is 5.55. The van der Waals surface area contributed by atoms with E-state index in [1.54, 1.807) is 18.1 Å². The monoisotopic (exact) mass is 392 g/mol. The first-order chi connectivity index (χ1) is 13.8. The van der Waals surface area contributed by atoms with E-state index < -0.39 is 5.69 Å². The summed E-state index contributed by atoms with van der Waals surface area (Å²) in [7, 11) is 1.63. The largest absolute Gasteiger partial charge is 0.332 e. The third-order valence-electron chi connectivity index (χ3n) is 5.55. The van der Waals surface area contributed by atoms with Gasteiger partial charge >= 0.3 is 5.69 Å². The molecule has 0 N–H and O–H groups in total. The molecule has 0 unspecified atom stereocenters. The van der Waals surface area contributed by atoms with Gasteiger partial charge in [0.25, 0.3) is 5.56 Å². The van der Waals surface area contributed by atoms with Crippen LogP contribution in [0, 0.1) is 6.92 Å². The van der Waals surface area contributed by atoms with Gasteiger partial charge in [-0.3, -0.25) is 18.5 Å². The molecule has 0 fully saturated rings. The van der Waals surface area contributed by atoms with Crippen LogP contribution in [0.1, 0.15) is 31.0 Å². The lowest BCUT2D eigenvalue weighted by molar-refractivity contribution is 0.628. The maximum atomic E-state index is 13.2. The van der Waals surface area contributed by atoms with Crippen molar-refractivity contribution in [2.24, 2.45) is 12.1 Å². The predicted molar refractivity (Wildman–Crippen MR) is 115 cm³/mol. The minimum absolute atomic E-state index is 0.148. The summed E-state index contributed by atoms with van der Waals surface area (Å²) in [4.78, 5) is 30.5. The van der Waals surface area contributed by atoms with Gasteiger partial charge in [-0.2, -0.15) is 10.1 Å². The highest BCUT2D eigenvalue weighted by atomic mass is 16.2. The van der Waals surface area contributed by atoms with Gasteiger partial charge in [0.2, 0.25) is 5.95 Å². The van der Waals surface area contributed by atoms with Gasteiger partial charge in [-0.05, 0) is 31.9 Å². The van der Waals surface area contributed by atoms with Gasteiger partial charge in [-0.25, -0.2) is 9.80 Å². The summed E-state index contributed by atoms with van der Waals surface area (Å²) in [5, 5.41) is 6.54. The highest BCUT2D eigenvalue weighted by Gasteiger charge is 2.30. The zero-order valence-electron chi connectivity index (χ0n) is 17.1. The molecule has 0 saturated heterocycles. The number of imidazole rings is 1. The lowest BCUT2D eigenvalue weighted by Crippen LogP contribution is -2.40. The Balaban J connectivity index is 1.98. The van der Waals surface area contributed by atoms with E-state index in [-0.39, 0.29) is 18.1 Å². The summed E-state index contributed by atoms with van der Waals surface area (Å²) < 4.78 is 4.49. The fourth-order valence-corrected chi connectivity index (χ4v) is 3.73. The van der Waals surface area contributed by atoms with Gasteiger partial charge in [0.1, 0.15) is 0 Å². The van der Waals surface area contributed by atoms with Crippen LogP contribution in [0.15, 0.2) is 51.6 Å². The van der Waals surface area contributed by atoms with Crippen LogP contribution in [-0.4, -0.2) is 24.4 Å². The molecule has 150 valence electrons. The average Bonchev–Trinajstić information content (AvgIpc) is 3.10. The molecule has 3 heterocycles. The second-order valence-electron chi connectivity index (χ2n) is 7.40. The van der Waals surface area contributed by atoms with Gasteiger partial charge < -0.3 is 0 Å². The Morgan fingerprint density at radius 2 is 1.93 bits per heavy atom. The first-order valence-corrected chi connectivity index (χ1v) is 9.55. The van der Waals surface area contributed by atoms with Crippen LogP contribution in [-0.2, 0) is 20.1 Å². The van der Waals surface area contributed by atoms with Crippen LogP contribution in [0.5, 0.6) is 0 Å². The lowest BCUT2D eigenvalue weighted by atomic mass is 10.1. The molecule has 0 spiro atoms. The Labute approximate surface area is 168 Å². The highest BCUT2D eigenvalue weighted by molar-refractivity contribution is 5.91. The van der Waals surface area contributed by atoms with Gasteiger partial charge in [0.05, 0.1) is 18.3 Å². The number of allylic oxidation sites excluding steroid dienone is 1. The number of anilines is 1. The zero-order chi connectivity index (χ0) is 20.9. The molecule has 8 heteroatoms. The second kappa shape index (κ2) is 6.88. The fourth-order valence-electron chi connectivity index (χ4n) is 3.73. The number of aryl methyl sites for hydroxylation is 2. The number of hydrazone groups is 1. The molecule has 4 rings (SSSR count). The maximum absolute atomic E-state index is 13.2. The van der Waals surface area contributed by atoms with E-state index in [2.05, 4.69) is 30.6 Å². The smallest absolute Gasteiger partial charge is 0.294 e. The molecular weight excluding hydrogens is 368 g/mol. The minimum Gasteiger partial charge on any atom is -0.294 e. The summed E-state index contributed by atoms with van der Waals surface area (Å²) in [6.07, 6.45) is 1.54. The minimum atomic E-state index is -0.409. The molecule has 1 aliphatic heterocycles. The topological polar surface area (TPSA) is 77.4 Å². The molecule has 29 heavy (non-hydrogen) atoms. The van der Waals surface area contributed by atoms with Crippen molar-refractivity contribution in [3.63, 3.8) is 0 Å².